The maximum atomic E-state index is 4.88. The Balaban J connectivity index is 1.27. The molecule has 0 radical (unpaired) electrons. The van der Waals surface area contributed by atoms with E-state index in [9.17, 15) is 0 Å². The third-order valence-corrected chi connectivity index (χ3v) is 6.63. The van der Waals surface area contributed by atoms with Crippen molar-refractivity contribution in [2.45, 2.75) is 57.0 Å². The summed E-state index contributed by atoms with van der Waals surface area (Å²) in [5.74, 6) is 1.60. The molecule has 4 heteroatoms. The van der Waals surface area contributed by atoms with Crippen molar-refractivity contribution in [2.75, 3.05) is 30.9 Å². The molecule has 31 heavy (non-hydrogen) atoms. The van der Waals surface area contributed by atoms with Gasteiger partial charge in [0.15, 0.2) is 0 Å². The summed E-state index contributed by atoms with van der Waals surface area (Å²) in [6.45, 7) is 3.42. The molecule has 2 N–H and O–H groups in total. The van der Waals surface area contributed by atoms with Crippen LogP contribution in [0, 0.1) is 0 Å². The minimum Gasteiger partial charge on any atom is -0.377 e. The third kappa shape index (κ3) is 5.56. The molecule has 1 atom stereocenters. The van der Waals surface area contributed by atoms with Gasteiger partial charge in [-0.05, 0) is 56.2 Å². The number of anilines is 2. The van der Waals surface area contributed by atoms with Crippen LogP contribution in [0.3, 0.4) is 0 Å². The Kier molecular flexibility index (Phi) is 7.08. The van der Waals surface area contributed by atoms with Crippen molar-refractivity contribution in [2.24, 2.45) is 0 Å². The van der Waals surface area contributed by atoms with Crippen molar-refractivity contribution >= 4 is 22.4 Å². The summed E-state index contributed by atoms with van der Waals surface area (Å²) < 4.78 is 0. The molecular weight excluding hydrogens is 380 g/mol. The molecule has 0 saturated heterocycles. The van der Waals surface area contributed by atoms with Gasteiger partial charge in [-0.1, -0.05) is 55.5 Å². The number of rotatable bonds is 8. The van der Waals surface area contributed by atoms with Gasteiger partial charge in [-0.25, -0.2) is 4.98 Å². The highest BCUT2D eigenvalue weighted by Gasteiger charge is 2.21. The van der Waals surface area contributed by atoms with Crippen LogP contribution in [0.5, 0.6) is 0 Å². The van der Waals surface area contributed by atoms with Gasteiger partial charge in [-0.2, -0.15) is 0 Å². The van der Waals surface area contributed by atoms with Gasteiger partial charge in [0.05, 0.1) is 5.52 Å². The second-order valence-electron chi connectivity index (χ2n) is 9.19. The number of nitrogens with one attached hydrogen (secondary N) is 2. The summed E-state index contributed by atoms with van der Waals surface area (Å²) in [6, 6.07) is 22.6. The Bertz CT molecular complexity index is 961. The molecule has 1 unspecified atom stereocenters. The zero-order chi connectivity index (χ0) is 21.6. The van der Waals surface area contributed by atoms with Gasteiger partial charge in [-0.15, -0.1) is 0 Å². The van der Waals surface area contributed by atoms with Gasteiger partial charge in [0.1, 0.15) is 5.82 Å². The van der Waals surface area contributed by atoms with Crippen LogP contribution < -0.4 is 15.5 Å². The van der Waals surface area contributed by atoms with E-state index < -0.39 is 0 Å². The quantitative estimate of drug-likeness (QED) is 0.486. The Morgan fingerprint density at radius 1 is 0.935 bits per heavy atom. The molecule has 1 heterocycles. The summed E-state index contributed by atoms with van der Waals surface area (Å²) in [5, 5.41) is 8.73. The largest absolute Gasteiger partial charge is 0.377 e. The first-order valence-electron chi connectivity index (χ1n) is 11.7. The zero-order valence-electron chi connectivity index (χ0n) is 19.1. The molecule has 164 valence electrons. The molecule has 0 bridgehead atoms. The van der Waals surface area contributed by atoms with Gasteiger partial charge in [0, 0.05) is 43.3 Å². The summed E-state index contributed by atoms with van der Waals surface area (Å²) in [4.78, 5) is 7.05. The van der Waals surface area contributed by atoms with Crippen molar-refractivity contribution in [1.29, 1.82) is 0 Å². The van der Waals surface area contributed by atoms with Crippen LogP contribution in [-0.2, 0) is 0 Å². The fourth-order valence-electron chi connectivity index (χ4n) is 4.70. The molecule has 1 aromatic heterocycles. The Morgan fingerprint density at radius 2 is 1.61 bits per heavy atom. The van der Waals surface area contributed by atoms with E-state index in [0.717, 1.165) is 17.9 Å². The number of aromatic nitrogens is 1. The van der Waals surface area contributed by atoms with Gasteiger partial charge in [0.25, 0.3) is 0 Å². The number of benzene rings is 2. The zero-order valence-corrected chi connectivity index (χ0v) is 19.1. The van der Waals surface area contributed by atoms with Gasteiger partial charge < -0.3 is 15.5 Å². The average molecular weight is 417 g/mol. The number of pyridine rings is 1. The first-order valence-corrected chi connectivity index (χ1v) is 11.7. The fourth-order valence-corrected chi connectivity index (χ4v) is 4.70. The monoisotopic (exact) mass is 416 g/mol. The van der Waals surface area contributed by atoms with Crippen molar-refractivity contribution in [1.82, 2.24) is 10.3 Å². The SMILES string of the molecule is CC(CCNC1CCC(Nc2cc(N(C)C)c3ccccc3n2)CC1)c1ccccc1. The molecule has 4 nitrogen and oxygen atoms in total. The first-order chi connectivity index (χ1) is 15.1. The molecule has 2 aromatic carbocycles. The molecule has 0 amide bonds. The second kappa shape index (κ2) is 10.1. The van der Waals surface area contributed by atoms with Crippen LogP contribution in [0.2, 0.25) is 0 Å². The molecule has 1 aliphatic carbocycles. The van der Waals surface area contributed by atoms with Crippen molar-refractivity contribution < 1.29 is 0 Å². The van der Waals surface area contributed by atoms with Crippen molar-refractivity contribution in [3.05, 3.63) is 66.2 Å². The topological polar surface area (TPSA) is 40.2 Å². The highest BCUT2D eigenvalue weighted by Crippen LogP contribution is 2.29. The minimum atomic E-state index is 0.505. The van der Waals surface area contributed by atoms with Gasteiger partial charge >= 0.3 is 0 Å². The maximum Gasteiger partial charge on any atom is 0.128 e. The molecule has 1 saturated carbocycles. The summed E-state index contributed by atoms with van der Waals surface area (Å²) in [6.07, 6.45) is 6.03. The van der Waals surface area contributed by atoms with Crippen LogP contribution in [-0.4, -0.2) is 37.7 Å². The predicted octanol–water partition coefficient (Wildman–Crippen LogP) is 5.81. The van der Waals surface area contributed by atoms with E-state index in [0.29, 0.717) is 18.0 Å². The number of hydrogen-bond donors (Lipinski definition) is 2. The summed E-state index contributed by atoms with van der Waals surface area (Å²) in [5.41, 5.74) is 3.72. The lowest BCUT2D eigenvalue weighted by atomic mass is 9.90. The van der Waals surface area contributed by atoms with Gasteiger partial charge in [-0.3, -0.25) is 0 Å². The molecule has 1 aliphatic rings. The lowest BCUT2D eigenvalue weighted by Crippen LogP contribution is -2.37. The van der Waals surface area contributed by atoms with Crippen LogP contribution in [0.4, 0.5) is 11.5 Å². The van der Waals surface area contributed by atoms with Crippen LogP contribution >= 0.6 is 0 Å². The van der Waals surface area contributed by atoms with E-state index in [1.54, 1.807) is 0 Å². The Morgan fingerprint density at radius 3 is 2.35 bits per heavy atom. The first kappa shape index (κ1) is 21.6. The highest BCUT2D eigenvalue weighted by atomic mass is 15.1. The molecular formula is C27H36N4. The van der Waals surface area contributed by atoms with Crippen LogP contribution in [0.25, 0.3) is 10.9 Å². The predicted molar refractivity (Wildman–Crippen MR) is 133 cm³/mol. The normalized spacial score (nSPS) is 19.8. The lowest BCUT2D eigenvalue weighted by molar-refractivity contribution is 0.350. The van der Waals surface area contributed by atoms with Crippen molar-refractivity contribution in [3.8, 4) is 0 Å². The fraction of sp³-hybridized carbons (Fsp3) is 0.444. The van der Waals surface area contributed by atoms with Gasteiger partial charge in [0.2, 0.25) is 0 Å². The molecule has 0 aliphatic heterocycles. The van der Waals surface area contributed by atoms with Crippen molar-refractivity contribution in [3.63, 3.8) is 0 Å². The maximum absolute atomic E-state index is 4.88. The second-order valence-corrected chi connectivity index (χ2v) is 9.19. The van der Waals surface area contributed by atoms with E-state index in [4.69, 9.17) is 4.98 Å². The average Bonchev–Trinajstić information content (AvgIpc) is 2.80. The van der Waals surface area contributed by atoms with Crippen LogP contribution in [0.15, 0.2) is 60.7 Å². The van der Waals surface area contributed by atoms with E-state index in [2.05, 4.69) is 97.2 Å². The third-order valence-electron chi connectivity index (χ3n) is 6.63. The smallest absolute Gasteiger partial charge is 0.128 e. The van der Waals surface area contributed by atoms with E-state index in [-0.39, 0.29) is 0 Å². The highest BCUT2D eigenvalue weighted by molar-refractivity contribution is 5.93. The van der Waals surface area contributed by atoms with Crippen LogP contribution in [0.1, 0.15) is 50.5 Å². The lowest BCUT2D eigenvalue weighted by Gasteiger charge is -2.30. The van der Waals surface area contributed by atoms with E-state index in [1.807, 2.05) is 0 Å². The molecule has 1 fully saturated rings. The number of hydrogen-bond acceptors (Lipinski definition) is 4. The standard InChI is InChI=1S/C27H36N4/c1-20(21-9-5-4-6-10-21)17-18-28-22-13-15-23(16-14-22)29-27-19-26(31(2)3)24-11-7-8-12-25(24)30-27/h4-12,19-20,22-23,28H,13-18H2,1-3H3,(H,29,30). The Hall–Kier alpha value is -2.59. The number of nitrogens with zero attached hydrogens (tertiary/aromatic N) is 2. The molecule has 0 spiro atoms. The van der Waals surface area contributed by atoms with E-state index in [1.165, 1.54) is 48.7 Å². The number of para-hydroxylation sites is 1. The summed E-state index contributed by atoms with van der Waals surface area (Å²) >= 11 is 0. The Labute approximate surface area is 187 Å². The number of fused-ring (bicyclic) bond motifs is 1. The summed E-state index contributed by atoms with van der Waals surface area (Å²) in [7, 11) is 4.20. The minimum absolute atomic E-state index is 0.505. The molecule has 3 aromatic rings. The van der Waals surface area contributed by atoms with E-state index >= 15 is 0 Å². The molecule has 4 rings (SSSR count).